The monoisotopic (exact) mass is 241 g/mol. The van der Waals surface area contributed by atoms with Gasteiger partial charge in [0, 0.05) is 6.04 Å². The normalized spacial score (nSPS) is 25.1. The van der Waals surface area contributed by atoms with Crippen LogP contribution in [0.4, 0.5) is 0 Å². The predicted molar refractivity (Wildman–Crippen MR) is 75.5 cm³/mol. The van der Waals surface area contributed by atoms with Crippen molar-refractivity contribution < 1.29 is 0 Å². The maximum Gasteiger partial charge on any atom is 0.00928 e. The van der Waals surface area contributed by atoms with Crippen LogP contribution in [0.1, 0.15) is 32.1 Å². The van der Waals surface area contributed by atoms with E-state index in [1.807, 2.05) is 0 Å². The molecule has 1 N–H and O–H groups in total. The van der Waals surface area contributed by atoms with Crippen molar-refractivity contribution in [2.75, 3.05) is 47.8 Å². The largest absolute Gasteiger partial charge is 0.317 e. The molecule has 0 aromatic rings. The Balaban J connectivity index is 2.08. The average molecular weight is 241 g/mol. The highest BCUT2D eigenvalue weighted by Crippen LogP contribution is 2.28. The van der Waals surface area contributed by atoms with Gasteiger partial charge in [0.15, 0.2) is 0 Å². The van der Waals surface area contributed by atoms with Crippen molar-refractivity contribution in [2.45, 2.75) is 38.1 Å². The maximum absolute atomic E-state index is 3.47. The SMILES string of the molecule is CNC1CCCC1CCN(C)CCCN(C)C. The molecule has 0 aromatic carbocycles. The molecule has 1 aliphatic rings. The second kappa shape index (κ2) is 8.06. The van der Waals surface area contributed by atoms with E-state index in [4.69, 9.17) is 0 Å². The van der Waals surface area contributed by atoms with Crippen LogP contribution < -0.4 is 5.32 Å². The second-order valence-corrected chi connectivity index (χ2v) is 5.83. The summed E-state index contributed by atoms with van der Waals surface area (Å²) in [6.45, 7) is 3.69. The van der Waals surface area contributed by atoms with Crippen molar-refractivity contribution in [1.29, 1.82) is 0 Å². The lowest BCUT2D eigenvalue weighted by Gasteiger charge is -2.23. The highest BCUT2D eigenvalue weighted by molar-refractivity contribution is 4.82. The lowest BCUT2D eigenvalue weighted by molar-refractivity contribution is 0.268. The van der Waals surface area contributed by atoms with E-state index in [1.54, 1.807) is 0 Å². The predicted octanol–water partition coefficient (Wildman–Crippen LogP) is 1.65. The Morgan fingerprint density at radius 3 is 2.47 bits per heavy atom. The fraction of sp³-hybridized carbons (Fsp3) is 1.00. The highest BCUT2D eigenvalue weighted by atomic mass is 15.1. The van der Waals surface area contributed by atoms with Gasteiger partial charge in [0.25, 0.3) is 0 Å². The number of nitrogens with one attached hydrogen (secondary N) is 1. The summed E-state index contributed by atoms with van der Waals surface area (Å²) in [5, 5.41) is 3.47. The first-order valence-electron chi connectivity index (χ1n) is 7.14. The van der Waals surface area contributed by atoms with Crippen LogP contribution in [0.2, 0.25) is 0 Å². The summed E-state index contributed by atoms with van der Waals surface area (Å²) < 4.78 is 0. The zero-order valence-corrected chi connectivity index (χ0v) is 12.2. The van der Waals surface area contributed by atoms with E-state index >= 15 is 0 Å². The van der Waals surface area contributed by atoms with Crippen molar-refractivity contribution in [3.05, 3.63) is 0 Å². The Hall–Kier alpha value is -0.120. The molecule has 102 valence electrons. The van der Waals surface area contributed by atoms with Gasteiger partial charge in [0.05, 0.1) is 0 Å². The molecule has 1 fully saturated rings. The molecule has 0 saturated heterocycles. The molecule has 3 heteroatoms. The third kappa shape index (κ3) is 5.84. The van der Waals surface area contributed by atoms with Crippen molar-refractivity contribution in [1.82, 2.24) is 15.1 Å². The summed E-state index contributed by atoms with van der Waals surface area (Å²) in [7, 11) is 8.68. The van der Waals surface area contributed by atoms with E-state index in [1.165, 1.54) is 51.7 Å². The third-order valence-electron chi connectivity index (χ3n) is 4.06. The lowest BCUT2D eigenvalue weighted by atomic mass is 9.99. The maximum atomic E-state index is 3.47. The molecule has 2 unspecified atom stereocenters. The van der Waals surface area contributed by atoms with Crippen LogP contribution in [-0.2, 0) is 0 Å². The van der Waals surface area contributed by atoms with E-state index in [0.717, 1.165) is 12.0 Å². The van der Waals surface area contributed by atoms with Gasteiger partial charge < -0.3 is 15.1 Å². The molecule has 0 radical (unpaired) electrons. The molecule has 0 aromatic heterocycles. The van der Waals surface area contributed by atoms with E-state index < -0.39 is 0 Å². The fourth-order valence-corrected chi connectivity index (χ4v) is 2.92. The van der Waals surface area contributed by atoms with E-state index in [0.29, 0.717) is 0 Å². The Kier molecular flexibility index (Phi) is 7.09. The third-order valence-corrected chi connectivity index (χ3v) is 4.06. The zero-order chi connectivity index (χ0) is 12.7. The van der Waals surface area contributed by atoms with Gasteiger partial charge in [-0.1, -0.05) is 6.42 Å². The molecule has 1 saturated carbocycles. The quantitative estimate of drug-likeness (QED) is 0.697. The first kappa shape index (κ1) is 14.9. The number of hydrogen-bond donors (Lipinski definition) is 1. The topological polar surface area (TPSA) is 18.5 Å². The van der Waals surface area contributed by atoms with E-state index in [9.17, 15) is 0 Å². The zero-order valence-electron chi connectivity index (χ0n) is 12.2. The minimum atomic E-state index is 0.783. The first-order valence-corrected chi connectivity index (χ1v) is 7.14. The summed E-state index contributed by atoms with van der Waals surface area (Å²) in [6, 6.07) is 0.783. The molecule has 2 atom stereocenters. The van der Waals surface area contributed by atoms with Crippen molar-refractivity contribution >= 4 is 0 Å². The van der Waals surface area contributed by atoms with Crippen LogP contribution in [0.15, 0.2) is 0 Å². The van der Waals surface area contributed by atoms with Crippen LogP contribution in [0, 0.1) is 5.92 Å². The second-order valence-electron chi connectivity index (χ2n) is 5.83. The molecular weight excluding hydrogens is 210 g/mol. The highest BCUT2D eigenvalue weighted by Gasteiger charge is 2.25. The standard InChI is InChI=1S/C14H31N3/c1-15-14-8-5-7-13(14)9-12-17(4)11-6-10-16(2)3/h13-15H,5-12H2,1-4H3. The van der Waals surface area contributed by atoms with Gasteiger partial charge in [-0.2, -0.15) is 0 Å². The summed E-state index contributed by atoms with van der Waals surface area (Å²) in [6.07, 6.45) is 6.87. The molecule has 3 nitrogen and oxygen atoms in total. The van der Waals surface area contributed by atoms with Crippen molar-refractivity contribution in [3.8, 4) is 0 Å². The number of hydrogen-bond acceptors (Lipinski definition) is 3. The van der Waals surface area contributed by atoms with Gasteiger partial charge >= 0.3 is 0 Å². The number of rotatable bonds is 8. The Bertz CT molecular complexity index is 194. The summed E-state index contributed by atoms with van der Waals surface area (Å²) >= 11 is 0. The molecular formula is C14H31N3. The summed E-state index contributed by atoms with van der Waals surface area (Å²) in [5.74, 6) is 0.913. The summed E-state index contributed by atoms with van der Waals surface area (Å²) in [4.78, 5) is 4.76. The summed E-state index contributed by atoms with van der Waals surface area (Å²) in [5.41, 5.74) is 0. The van der Waals surface area contributed by atoms with Crippen LogP contribution in [0.25, 0.3) is 0 Å². The van der Waals surface area contributed by atoms with Crippen LogP contribution in [0.3, 0.4) is 0 Å². The van der Waals surface area contributed by atoms with Gasteiger partial charge in [0.2, 0.25) is 0 Å². The van der Waals surface area contributed by atoms with Gasteiger partial charge in [0.1, 0.15) is 0 Å². The smallest absolute Gasteiger partial charge is 0.00928 e. The molecule has 0 heterocycles. The average Bonchev–Trinajstić information content (AvgIpc) is 2.73. The molecule has 17 heavy (non-hydrogen) atoms. The van der Waals surface area contributed by atoms with Crippen molar-refractivity contribution in [2.24, 2.45) is 5.92 Å². The lowest BCUT2D eigenvalue weighted by Crippen LogP contribution is -2.32. The van der Waals surface area contributed by atoms with Crippen LogP contribution in [0.5, 0.6) is 0 Å². The van der Waals surface area contributed by atoms with Gasteiger partial charge in [-0.3, -0.25) is 0 Å². The fourth-order valence-electron chi connectivity index (χ4n) is 2.92. The Morgan fingerprint density at radius 2 is 1.82 bits per heavy atom. The minimum Gasteiger partial charge on any atom is -0.317 e. The van der Waals surface area contributed by atoms with Gasteiger partial charge in [-0.05, 0) is 79.4 Å². The molecule has 0 bridgehead atoms. The minimum absolute atomic E-state index is 0.783. The first-order chi connectivity index (χ1) is 8.13. The van der Waals surface area contributed by atoms with Crippen LogP contribution in [-0.4, -0.2) is 63.7 Å². The van der Waals surface area contributed by atoms with E-state index in [2.05, 4.69) is 43.3 Å². The van der Waals surface area contributed by atoms with Crippen LogP contribution >= 0.6 is 0 Å². The van der Waals surface area contributed by atoms with E-state index in [-0.39, 0.29) is 0 Å². The van der Waals surface area contributed by atoms with Gasteiger partial charge in [-0.25, -0.2) is 0 Å². The number of nitrogens with zero attached hydrogens (tertiary/aromatic N) is 2. The van der Waals surface area contributed by atoms with Gasteiger partial charge in [-0.15, -0.1) is 0 Å². The molecule has 1 aliphatic carbocycles. The molecule has 0 spiro atoms. The Morgan fingerprint density at radius 1 is 1.06 bits per heavy atom. The van der Waals surface area contributed by atoms with Crippen molar-refractivity contribution in [3.63, 3.8) is 0 Å². The molecule has 0 aliphatic heterocycles. The Labute approximate surface area is 108 Å². The molecule has 0 amide bonds. The molecule has 1 rings (SSSR count).